The molecule has 0 aromatic carbocycles. The molecule has 0 rings (SSSR count). The van der Waals surface area contributed by atoms with Crippen LogP contribution in [0.1, 0.15) is 19.8 Å². The van der Waals surface area contributed by atoms with E-state index in [1.165, 1.54) is 6.42 Å². The summed E-state index contributed by atoms with van der Waals surface area (Å²) < 4.78 is 0. The third kappa shape index (κ3) is 22.3. The standard InChI is InChI=1S/C4H9.FH.Mg/c1-3-4-2;;/h1,3-4H2,2H3;1H;/q-1;;+2/p-1. The van der Waals surface area contributed by atoms with Crippen molar-refractivity contribution >= 4 is 23.1 Å². The molecule has 6 heavy (non-hydrogen) atoms. The number of hydrogen-bond acceptors (Lipinski definition) is 0. The van der Waals surface area contributed by atoms with E-state index in [1.807, 2.05) is 0 Å². The van der Waals surface area contributed by atoms with Crippen LogP contribution in [0.4, 0.5) is 0 Å². The molecule has 0 atom stereocenters. The van der Waals surface area contributed by atoms with Gasteiger partial charge in [-0.1, -0.05) is 13.3 Å². The van der Waals surface area contributed by atoms with Gasteiger partial charge in [-0.3, -0.25) is 0 Å². The van der Waals surface area contributed by atoms with Gasteiger partial charge in [-0.2, -0.15) is 6.42 Å². The van der Waals surface area contributed by atoms with Crippen molar-refractivity contribution in [3.05, 3.63) is 6.92 Å². The van der Waals surface area contributed by atoms with Crippen LogP contribution >= 0.6 is 0 Å². The Bertz CT molecular complexity index is 9.51. The van der Waals surface area contributed by atoms with Crippen LogP contribution in [-0.2, 0) is 0 Å². The first-order valence-corrected chi connectivity index (χ1v) is 1.71. The van der Waals surface area contributed by atoms with Crippen LogP contribution in [0, 0.1) is 6.92 Å². The van der Waals surface area contributed by atoms with E-state index in [2.05, 4.69) is 13.8 Å². The second-order valence-corrected chi connectivity index (χ2v) is 0.854. The van der Waals surface area contributed by atoms with Crippen molar-refractivity contribution in [2.75, 3.05) is 0 Å². The Morgan fingerprint density at radius 2 is 1.67 bits per heavy atom. The summed E-state index contributed by atoms with van der Waals surface area (Å²) in [7, 11) is 0. The largest absolute Gasteiger partial charge is 2.00 e. The van der Waals surface area contributed by atoms with E-state index in [0.717, 1.165) is 6.42 Å². The quantitative estimate of drug-likeness (QED) is 0.271. The molecule has 0 unspecified atom stereocenters. The van der Waals surface area contributed by atoms with Gasteiger partial charge in [-0.15, -0.1) is 0 Å². The molecular weight excluding hydrogens is 91.3 g/mol. The minimum atomic E-state index is 0. The normalized spacial score (nSPS) is 5.00. The van der Waals surface area contributed by atoms with Gasteiger partial charge in [0.25, 0.3) is 0 Å². The number of halogens is 1. The molecule has 0 aliphatic heterocycles. The molecule has 0 aromatic rings. The Labute approximate surface area is 54.8 Å². The monoisotopic (exact) mass is 100 g/mol. The first-order chi connectivity index (χ1) is 1.91. The van der Waals surface area contributed by atoms with E-state index < -0.39 is 0 Å². The van der Waals surface area contributed by atoms with Crippen LogP contribution in [0.25, 0.3) is 0 Å². The van der Waals surface area contributed by atoms with Crippen molar-refractivity contribution in [1.82, 2.24) is 0 Å². The molecule has 0 bridgehead atoms. The Morgan fingerprint density at radius 1 is 1.50 bits per heavy atom. The second kappa shape index (κ2) is 17.3. The Balaban J connectivity index is -0.0000000450. The third-order valence-electron chi connectivity index (χ3n) is 0.354. The van der Waals surface area contributed by atoms with Crippen molar-refractivity contribution < 1.29 is 4.70 Å². The topological polar surface area (TPSA) is 0 Å². The van der Waals surface area contributed by atoms with Gasteiger partial charge in [0.05, 0.1) is 0 Å². The summed E-state index contributed by atoms with van der Waals surface area (Å²) in [4.78, 5) is 0. The molecule has 0 spiro atoms. The zero-order chi connectivity index (χ0) is 3.41. The van der Waals surface area contributed by atoms with Crippen molar-refractivity contribution in [3.8, 4) is 0 Å². The molecule has 0 fully saturated rings. The SMILES string of the molecule is [CH2-]CCC.[F-].[Mg+2]. The number of rotatable bonds is 1. The van der Waals surface area contributed by atoms with Crippen molar-refractivity contribution in [1.29, 1.82) is 0 Å². The molecule has 0 amide bonds. The predicted octanol–water partition coefficient (Wildman–Crippen LogP) is -1.76. The number of unbranched alkanes of at least 4 members (excludes halogenated alkanes) is 1. The third-order valence-corrected chi connectivity index (χ3v) is 0.354. The van der Waals surface area contributed by atoms with Crippen LogP contribution < -0.4 is 4.70 Å². The van der Waals surface area contributed by atoms with Crippen molar-refractivity contribution in [2.24, 2.45) is 0 Å². The smallest absolute Gasteiger partial charge is 1.00 e. The van der Waals surface area contributed by atoms with Gasteiger partial charge in [-0.05, 0) is 0 Å². The molecule has 0 aliphatic carbocycles. The van der Waals surface area contributed by atoms with E-state index in [-0.39, 0.29) is 27.8 Å². The van der Waals surface area contributed by atoms with Gasteiger partial charge in [0.2, 0.25) is 0 Å². The van der Waals surface area contributed by atoms with Crippen LogP contribution in [0.15, 0.2) is 0 Å². The minimum absolute atomic E-state index is 0. The van der Waals surface area contributed by atoms with Gasteiger partial charge in [0.15, 0.2) is 0 Å². The van der Waals surface area contributed by atoms with Crippen LogP contribution in [-0.4, -0.2) is 23.1 Å². The average Bonchev–Trinajstić information content (AvgIpc) is 1.37. The van der Waals surface area contributed by atoms with E-state index in [9.17, 15) is 0 Å². The maximum absolute atomic E-state index is 3.60. The molecule has 34 valence electrons. The molecule has 2 heteroatoms. The minimum Gasteiger partial charge on any atom is -1.00 e. The first-order valence-electron chi connectivity index (χ1n) is 1.71. The average molecular weight is 100 g/mol. The fourth-order valence-electron chi connectivity index (χ4n) is 0. The summed E-state index contributed by atoms with van der Waals surface area (Å²) >= 11 is 0. The van der Waals surface area contributed by atoms with Crippen LogP contribution in [0.5, 0.6) is 0 Å². The maximum Gasteiger partial charge on any atom is 2.00 e. The molecule has 0 heterocycles. The van der Waals surface area contributed by atoms with E-state index in [4.69, 9.17) is 0 Å². The predicted molar refractivity (Wildman–Crippen MR) is 26.0 cm³/mol. The summed E-state index contributed by atoms with van der Waals surface area (Å²) in [6, 6.07) is 0. The van der Waals surface area contributed by atoms with Gasteiger partial charge in [0, 0.05) is 0 Å². The van der Waals surface area contributed by atoms with Crippen molar-refractivity contribution in [2.45, 2.75) is 19.8 Å². The summed E-state index contributed by atoms with van der Waals surface area (Å²) in [5.74, 6) is 0. The van der Waals surface area contributed by atoms with E-state index in [1.54, 1.807) is 0 Å². The Morgan fingerprint density at radius 3 is 1.67 bits per heavy atom. The summed E-state index contributed by atoms with van der Waals surface area (Å²) in [5, 5.41) is 0. The fraction of sp³-hybridized carbons (Fsp3) is 0.750. The first kappa shape index (κ1) is 15.9. The molecule has 0 radical (unpaired) electrons. The molecule has 0 saturated heterocycles. The van der Waals surface area contributed by atoms with E-state index >= 15 is 0 Å². The van der Waals surface area contributed by atoms with Crippen LogP contribution in [0.3, 0.4) is 0 Å². The maximum atomic E-state index is 3.60. The van der Waals surface area contributed by atoms with E-state index in [0.29, 0.717) is 0 Å². The Kier molecular flexibility index (Phi) is 45.8. The van der Waals surface area contributed by atoms with Crippen LogP contribution in [0.2, 0.25) is 0 Å². The summed E-state index contributed by atoms with van der Waals surface area (Å²) in [6.07, 6.45) is 2.28. The molecular formula is C4H9FMg. The zero-order valence-electron chi connectivity index (χ0n) is 4.21. The Hall–Kier alpha value is 0.696. The zero-order valence-corrected chi connectivity index (χ0v) is 5.62. The second-order valence-electron chi connectivity index (χ2n) is 0.854. The molecule has 0 aromatic heterocycles. The summed E-state index contributed by atoms with van der Waals surface area (Å²) in [6.45, 7) is 5.72. The molecule has 0 saturated carbocycles. The molecule has 0 aliphatic rings. The summed E-state index contributed by atoms with van der Waals surface area (Å²) in [5.41, 5.74) is 0. The number of hydrogen-bond donors (Lipinski definition) is 0. The molecule has 0 nitrogen and oxygen atoms in total. The fourth-order valence-corrected chi connectivity index (χ4v) is 0. The van der Waals surface area contributed by atoms with Gasteiger partial charge < -0.3 is 11.6 Å². The van der Waals surface area contributed by atoms with Gasteiger partial charge in [0.1, 0.15) is 0 Å². The van der Waals surface area contributed by atoms with Gasteiger partial charge >= 0.3 is 23.1 Å². The van der Waals surface area contributed by atoms with Gasteiger partial charge in [-0.25, -0.2) is 0 Å². The van der Waals surface area contributed by atoms with Crippen molar-refractivity contribution in [3.63, 3.8) is 0 Å². The molecule has 0 N–H and O–H groups in total.